The summed E-state index contributed by atoms with van der Waals surface area (Å²) >= 11 is 0. The van der Waals surface area contributed by atoms with Crippen molar-refractivity contribution in [3.63, 3.8) is 0 Å². The molecule has 0 unspecified atom stereocenters. The van der Waals surface area contributed by atoms with Gasteiger partial charge in [-0.25, -0.2) is 4.99 Å². The summed E-state index contributed by atoms with van der Waals surface area (Å²) in [5.41, 5.74) is 3.38. The first kappa shape index (κ1) is 21.7. The molecule has 1 saturated heterocycles. The third-order valence-electron chi connectivity index (χ3n) is 4.32. The fourth-order valence-electron chi connectivity index (χ4n) is 2.78. The molecule has 1 aliphatic heterocycles. The molecule has 2 rings (SSSR count). The molecule has 0 aliphatic carbocycles. The van der Waals surface area contributed by atoms with Gasteiger partial charge in [0.05, 0.1) is 6.42 Å². The molecule has 3 N–H and O–H groups in total. The molecule has 0 radical (unpaired) electrons. The summed E-state index contributed by atoms with van der Waals surface area (Å²) in [6.07, 6.45) is 5.74. The summed E-state index contributed by atoms with van der Waals surface area (Å²) < 4.78 is 0. The van der Waals surface area contributed by atoms with Crippen LogP contribution >= 0.6 is 0 Å². The van der Waals surface area contributed by atoms with Crippen LogP contribution in [0.2, 0.25) is 0 Å². The third kappa shape index (κ3) is 7.96. The molecule has 0 saturated carbocycles. The lowest BCUT2D eigenvalue weighted by Crippen LogP contribution is -2.22. The average molecular weight is 383 g/mol. The Bertz CT molecular complexity index is 734. The Balaban J connectivity index is 1.77. The maximum absolute atomic E-state index is 12.2. The standard InChI is InChI=1S/C21H30N6O/c1-17-6-7-19(14-23-8-4-5-10-27-11-9-24-16-27)13-20(17)26-21(28)12-18(2)25-15-22-3/h4-7,13,15,23-24H,2-3,8-12,14,16H2,1H3,(H,26,28). The number of aliphatic imine (C=N–C) groups is 2. The molecule has 1 amide bonds. The van der Waals surface area contributed by atoms with Gasteiger partial charge in [0.25, 0.3) is 0 Å². The number of hydrogen-bond acceptors (Lipinski definition) is 5. The van der Waals surface area contributed by atoms with Gasteiger partial charge in [0.15, 0.2) is 0 Å². The molecule has 0 atom stereocenters. The highest BCUT2D eigenvalue weighted by Crippen LogP contribution is 2.18. The molecule has 0 bridgehead atoms. The number of carbonyl (C=O) groups excluding carboxylic acids is 1. The number of hydrogen-bond donors (Lipinski definition) is 3. The van der Waals surface area contributed by atoms with E-state index < -0.39 is 0 Å². The van der Waals surface area contributed by atoms with Gasteiger partial charge in [0, 0.05) is 50.8 Å². The van der Waals surface area contributed by atoms with Gasteiger partial charge in [-0.1, -0.05) is 30.9 Å². The van der Waals surface area contributed by atoms with E-state index in [1.54, 1.807) is 0 Å². The summed E-state index contributed by atoms with van der Waals surface area (Å²) in [6, 6.07) is 6.07. The number of nitrogens with zero attached hydrogens (tertiary/aromatic N) is 3. The topological polar surface area (TPSA) is 81.1 Å². The summed E-state index contributed by atoms with van der Waals surface area (Å²) in [7, 11) is 0. The minimum atomic E-state index is -0.154. The SMILES string of the molecule is C=NC=NC(=C)CC(=O)Nc1cc(CNCC=CCN2CCNC2)ccc1C. The van der Waals surface area contributed by atoms with Crippen LogP contribution in [0.5, 0.6) is 0 Å². The highest BCUT2D eigenvalue weighted by atomic mass is 16.1. The van der Waals surface area contributed by atoms with Crippen molar-refractivity contribution in [2.75, 3.05) is 38.2 Å². The lowest BCUT2D eigenvalue weighted by molar-refractivity contribution is -0.115. The molecule has 7 nitrogen and oxygen atoms in total. The monoisotopic (exact) mass is 382 g/mol. The fraction of sp³-hybridized carbons (Fsp3) is 0.381. The van der Waals surface area contributed by atoms with E-state index in [9.17, 15) is 4.79 Å². The van der Waals surface area contributed by atoms with E-state index in [1.165, 1.54) is 6.34 Å². The smallest absolute Gasteiger partial charge is 0.230 e. The first-order valence-corrected chi connectivity index (χ1v) is 9.43. The van der Waals surface area contributed by atoms with Crippen molar-refractivity contribution in [3.8, 4) is 0 Å². The second-order valence-corrected chi connectivity index (χ2v) is 6.71. The molecule has 7 heteroatoms. The first-order valence-electron chi connectivity index (χ1n) is 9.43. The quantitative estimate of drug-likeness (QED) is 0.237. The third-order valence-corrected chi connectivity index (χ3v) is 4.32. The zero-order valence-corrected chi connectivity index (χ0v) is 16.6. The van der Waals surface area contributed by atoms with Crippen LogP contribution in [0.25, 0.3) is 0 Å². The van der Waals surface area contributed by atoms with E-state index in [1.807, 2.05) is 19.1 Å². The van der Waals surface area contributed by atoms with Crippen LogP contribution in [-0.2, 0) is 11.3 Å². The summed E-state index contributed by atoms with van der Waals surface area (Å²) in [5, 5.41) is 9.64. The van der Waals surface area contributed by atoms with Gasteiger partial charge < -0.3 is 16.0 Å². The van der Waals surface area contributed by atoms with E-state index in [2.05, 4.69) is 62.3 Å². The Morgan fingerprint density at radius 1 is 1.39 bits per heavy atom. The summed E-state index contributed by atoms with van der Waals surface area (Å²) in [4.78, 5) is 22.0. The Labute approximate surface area is 167 Å². The van der Waals surface area contributed by atoms with Crippen LogP contribution in [0.1, 0.15) is 17.5 Å². The van der Waals surface area contributed by atoms with E-state index in [0.717, 1.165) is 56.2 Å². The van der Waals surface area contributed by atoms with Crippen LogP contribution in [0.4, 0.5) is 5.69 Å². The van der Waals surface area contributed by atoms with Crippen molar-refractivity contribution < 1.29 is 4.79 Å². The lowest BCUT2D eigenvalue weighted by Gasteiger charge is -2.11. The zero-order chi connectivity index (χ0) is 20.2. The van der Waals surface area contributed by atoms with Gasteiger partial charge in [0.2, 0.25) is 5.91 Å². The van der Waals surface area contributed by atoms with E-state index in [4.69, 9.17) is 0 Å². The lowest BCUT2D eigenvalue weighted by atomic mass is 10.1. The molecule has 0 aromatic heterocycles. The Kier molecular flexibility index (Phi) is 9.27. The molecule has 1 aromatic carbocycles. The largest absolute Gasteiger partial charge is 0.325 e. The van der Waals surface area contributed by atoms with Crippen molar-refractivity contribution in [1.82, 2.24) is 15.5 Å². The number of nitrogens with one attached hydrogen (secondary N) is 3. The van der Waals surface area contributed by atoms with Crippen molar-refractivity contribution in [2.24, 2.45) is 9.98 Å². The van der Waals surface area contributed by atoms with E-state index >= 15 is 0 Å². The number of aryl methyl sites for hydroxylation is 1. The van der Waals surface area contributed by atoms with Crippen LogP contribution in [0.3, 0.4) is 0 Å². The van der Waals surface area contributed by atoms with Crippen LogP contribution in [-0.4, -0.2) is 56.7 Å². The molecule has 1 heterocycles. The highest BCUT2D eigenvalue weighted by Gasteiger charge is 2.08. The normalized spacial score (nSPS) is 14.8. The van der Waals surface area contributed by atoms with Crippen LogP contribution in [0, 0.1) is 6.92 Å². The molecule has 1 fully saturated rings. The molecule has 1 aliphatic rings. The second kappa shape index (κ2) is 12.0. The van der Waals surface area contributed by atoms with E-state index in [0.29, 0.717) is 5.70 Å². The van der Waals surface area contributed by atoms with Crippen LogP contribution in [0.15, 0.2) is 52.6 Å². The maximum atomic E-state index is 12.2. The molecular weight excluding hydrogens is 352 g/mol. The number of rotatable bonds is 11. The fourth-order valence-corrected chi connectivity index (χ4v) is 2.78. The molecule has 1 aromatic rings. The van der Waals surface area contributed by atoms with Gasteiger partial charge in [0.1, 0.15) is 6.34 Å². The Hall–Kier alpha value is -2.61. The van der Waals surface area contributed by atoms with Crippen molar-refractivity contribution >= 4 is 24.7 Å². The van der Waals surface area contributed by atoms with Crippen molar-refractivity contribution in [1.29, 1.82) is 0 Å². The van der Waals surface area contributed by atoms with Gasteiger partial charge in [-0.3, -0.25) is 14.7 Å². The molecule has 0 spiro atoms. The minimum absolute atomic E-state index is 0.116. The summed E-state index contributed by atoms with van der Waals surface area (Å²) in [5.74, 6) is -0.154. The van der Waals surface area contributed by atoms with Gasteiger partial charge in [-0.2, -0.15) is 0 Å². The van der Waals surface area contributed by atoms with Gasteiger partial charge in [-0.05, 0) is 30.8 Å². The molecule has 28 heavy (non-hydrogen) atoms. The number of carbonyl (C=O) groups is 1. The minimum Gasteiger partial charge on any atom is -0.325 e. The maximum Gasteiger partial charge on any atom is 0.230 e. The zero-order valence-electron chi connectivity index (χ0n) is 16.6. The Morgan fingerprint density at radius 2 is 2.25 bits per heavy atom. The van der Waals surface area contributed by atoms with Gasteiger partial charge >= 0.3 is 0 Å². The summed E-state index contributed by atoms with van der Waals surface area (Å²) in [6.45, 7) is 14.7. The second-order valence-electron chi connectivity index (χ2n) is 6.71. The molecule has 150 valence electrons. The number of amides is 1. The average Bonchev–Trinajstić information content (AvgIpc) is 3.18. The first-order chi connectivity index (χ1) is 13.6. The molecular formula is C21H30N6O. The number of benzene rings is 1. The van der Waals surface area contributed by atoms with Crippen molar-refractivity contribution in [3.05, 3.63) is 53.8 Å². The van der Waals surface area contributed by atoms with E-state index in [-0.39, 0.29) is 12.3 Å². The predicted octanol–water partition coefficient (Wildman–Crippen LogP) is 2.07. The van der Waals surface area contributed by atoms with Gasteiger partial charge in [-0.15, -0.1) is 0 Å². The Morgan fingerprint density at radius 3 is 3.00 bits per heavy atom. The van der Waals surface area contributed by atoms with Crippen LogP contribution < -0.4 is 16.0 Å². The predicted molar refractivity (Wildman–Crippen MR) is 117 cm³/mol. The number of anilines is 1. The van der Waals surface area contributed by atoms with Crippen molar-refractivity contribution in [2.45, 2.75) is 19.9 Å². The highest BCUT2D eigenvalue weighted by molar-refractivity contribution is 5.93.